The lowest BCUT2D eigenvalue weighted by Crippen LogP contribution is -2.65. The second-order valence-corrected chi connectivity index (χ2v) is 9.02. The molecule has 4 rings (SSSR count). The molecule has 0 saturated carbocycles. The molecule has 1 fully saturated rings. The molecule has 1 aliphatic heterocycles. The van der Waals surface area contributed by atoms with E-state index in [-0.39, 0.29) is 26.1 Å². The van der Waals surface area contributed by atoms with Crippen LogP contribution in [-0.2, 0) is 28.9 Å². The van der Waals surface area contributed by atoms with E-state index >= 15 is 0 Å². The molecule has 0 amide bonds. The van der Waals surface area contributed by atoms with Crippen molar-refractivity contribution in [2.24, 2.45) is 5.11 Å². The van der Waals surface area contributed by atoms with Gasteiger partial charge in [-0.05, 0) is 22.2 Å². The fourth-order valence-corrected chi connectivity index (χ4v) is 4.67. The summed E-state index contributed by atoms with van der Waals surface area (Å²) in [7, 11) is 0. The van der Waals surface area contributed by atoms with Gasteiger partial charge in [-0.1, -0.05) is 96.1 Å². The Morgan fingerprint density at radius 2 is 1.40 bits per heavy atom. The van der Waals surface area contributed by atoms with E-state index in [1.807, 2.05) is 91.0 Å². The Kier molecular flexibility index (Phi) is 7.52. The summed E-state index contributed by atoms with van der Waals surface area (Å²) < 4.78 is 11.5. The second-order valence-electron chi connectivity index (χ2n) is 9.02. The molecule has 0 aliphatic carbocycles. The molecule has 3 aromatic carbocycles. The maximum Gasteiger partial charge on any atom is 0.196 e. The largest absolute Gasteiger partial charge is 0.384 e. The topological polar surface area (TPSA) is 128 Å². The molecule has 1 saturated heterocycles. The molecule has 0 unspecified atom stereocenters. The van der Waals surface area contributed by atoms with Crippen LogP contribution in [-0.4, -0.2) is 51.6 Å². The average molecular weight is 476 g/mol. The van der Waals surface area contributed by atoms with Crippen LogP contribution >= 0.6 is 0 Å². The smallest absolute Gasteiger partial charge is 0.196 e. The molecule has 0 bridgehead atoms. The van der Waals surface area contributed by atoms with Crippen LogP contribution < -0.4 is 0 Å². The number of hydrogen-bond acceptors (Lipinski definition) is 6. The van der Waals surface area contributed by atoms with E-state index < -0.39 is 29.6 Å². The third kappa shape index (κ3) is 5.39. The minimum absolute atomic E-state index is 0.0379. The van der Waals surface area contributed by atoms with Gasteiger partial charge in [0.1, 0.15) is 17.3 Å². The van der Waals surface area contributed by atoms with E-state index in [1.165, 1.54) is 0 Å². The standard InChI is InChI=1S/C27H29N3O5/c28-30-29-27(33,20-34-18-23-14-8-3-9-15-23)24-26(32,17-22-12-6-2-7-13-22)25(31,19-35-24)16-21-10-4-1-5-11-21/h1-15,24,31-33H,16-20H2/t24-,25-,26-,27-/m0/s1. The first-order valence-electron chi connectivity index (χ1n) is 11.4. The van der Waals surface area contributed by atoms with E-state index in [0.717, 1.165) is 16.7 Å². The Bertz CT molecular complexity index is 1140. The molecule has 3 N–H and O–H groups in total. The van der Waals surface area contributed by atoms with Crippen LogP contribution in [0, 0.1) is 0 Å². The highest BCUT2D eigenvalue weighted by molar-refractivity contribution is 5.28. The zero-order valence-corrected chi connectivity index (χ0v) is 19.3. The van der Waals surface area contributed by atoms with E-state index in [2.05, 4.69) is 10.0 Å². The van der Waals surface area contributed by atoms with Crippen LogP contribution in [0.1, 0.15) is 16.7 Å². The van der Waals surface area contributed by atoms with Crippen molar-refractivity contribution >= 4 is 0 Å². The lowest BCUT2D eigenvalue weighted by Gasteiger charge is -2.43. The van der Waals surface area contributed by atoms with Crippen LogP contribution in [0.3, 0.4) is 0 Å². The molecule has 3 aromatic rings. The number of azide groups is 1. The summed E-state index contributed by atoms with van der Waals surface area (Å²) in [6, 6.07) is 27.7. The first-order chi connectivity index (χ1) is 16.9. The van der Waals surface area contributed by atoms with Crippen LogP contribution in [0.4, 0.5) is 0 Å². The maximum atomic E-state index is 12.1. The van der Waals surface area contributed by atoms with Crippen molar-refractivity contribution in [3.63, 3.8) is 0 Å². The quantitative estimate of drug-likeness (QED) is 0.235. The lowest BCUT2D eigenvalue weighted by atomic mass is 9.71. The average Bonchev–Trinajstić information content (AvgIpc) is 3.11. The van der Waals surface area contributed by atoms with Gasteiger partial charge in [0.05, 0.1) is 19.8 Å². The number of nitrogens with zero attached hydrogens (tertiary/aromatic N) is 3. The molecule has 8 nitrogen and oxygen atoms in total. The number of ether oxygens (including phenoxy) is 2. The summed E-state index contributed by atoms with van der Waals surface area (Å²) in [5, 5.41) is 38.9. The summed E-state index contributed by atoms with van der Waals surface area (Å²) in [5.41, 5.74) is 5.59. The number of benzene rings is 3. The molecule has 4 atom stereocenters. The monoisotopic (exact) mass is 475 g/mol. The molecule has 182 valence electrons. The molecule has 0 radical (unpaired) electrons. The predicted molar refractivity (Wildman–Crippen MR) is 130 cm³/mol. The van der Waals surface area contributed by atoms with Crippen molar-refractivity contribution in [2.75, 3.05) is 13.2 Å². The summed E-state index contributed by atoms with van der Waals surface area (Å²) in [6.07, 6.45) is -1.41. The highest BCUT2D eigenvalue weighted by Crippen LogP contribution is 2.45. The van der Waals surface area contributed by atoms with Gasteiger partial charge in [-0.15, -0.1) is 0 Å². The minimum Gasteiger partial charge on any atom is -0.384 e. The van der Waals surface area contributed by atoms with Crippen LogP contribution in [0.2, 0.25) is 0 Å². The molecule has 0 aromatic heterocycles. The summed E-state index contributed by atoms with van der Waals surface area (Å²) in [6.45, 7) is -0.546. The molecular weight excluding hydrogens is 446 g/mol. The number of hydrogen-bond donors (Lipinski definition) is 3. The fourth-order valence-electron chi connectivity index (χ4n) is 4.67. The summed E-state index contributed by atoms with van der Waals surface area (Å²) in [4.78, 5) is 2.80. The zero-order chi connectivity index (χ0) is 24.8. The Labute approximate surface area is 204 Å². The van der Waals surface area contributed by atoms with Gasteiger partial charge in [0.2, 0.25) is 0 Å². The van der Waals surface area contributed by atoms with Gasteiger partial charge in [-0.25, -0.2) is 0 Å². The van der Waals surface area contributed by atoms with Gasteiger partial charge in [0.15, 0.2) is 5.72 Å². The van der Waals surface area contributed by atoms with E-state index in [9.17, 15) is 20.9 Å². The van der Waals surface area contributed by atoms with Crippen LogP contribution in [0.5, 0.6) is 0 Å². The minimum atomic E-state index is -2.27. The first-order valence-corrected chi connectivity index (χ1v) is 11.4. The van der Waals surface area contributed by atoms with Crippen molar-refractivity contribution in [3.05, 3.63) is 118 Å². The lowest BCUT2D eigenvalue weighted by molar-refractivity contribution is -0.197. The van der Waals surface area contributed by atoms with Crippen LogP contribution in [0.25, 0.3) is 10.4 Å². The van der Waals surface area contributed by atoms with E-state index in [1.54, 1.807) is 0 Å². The highest BCUT2D eigenvalue weighted by atomic mass is 16.6. The Morgan fingerprint density at radius 1 is 0.886 bits per heavy atom. The van der Waals surface area contributed by atoms with Gasteiger partial charge in [0.25, 0.3) is 0 Å². The Balaban J connectivity index is 1.66. The maximum absolute atomic E-state index is 12.1. The van der Waals surface area contributed by atoms with Gasteiger partial charge in [-0.3, -0.25) is 0 Å². The van der Waals surface area contributed by atoms with Crippen molar-refractivity contribution in [1.29, 1.82) is 0 Å². The number of rotatable bonds is 10. The molecule has 1 heterocycles. The van der Waals surface area contributed by atoms with E-state index in [0.29, 0.717) is 0 Å². The van der Waals surface area contributed by atoms with Gasteiger partial charge < -0.3 is 24.8 Å². The SMILES string of the molecule is [N-]=[N+]=N[C@](O)(COCc1ccccc1)[C@H]1OC[C@@](O)(Cc2ccccc2)[C@]1(O)Cc1ccccc1. The van der Waals surface area contributed by atoms with Crippen molar-refractivity contribution in [3.8, 4) is 0 Å². The van der Waals surface area contributed by atoms with E-state index in [4.69, 9.17) is 9.47 Å². The molecule has 1 aliphatic rings. The third-order valence-electron chi connectivity index (χ3n) is 6.45. The molecular formula is C27H29N3O5. The summed E-state index contributed by atoms with van der Waals surface area (Å²) >= 11 is 0. The first kappa shape index (κ1) is 24.9. The van der Waals surface area contributed by atoms with Crippen molar-refractivity contribution in [1.82, 2.24) is 0 Å². The van der Waals surface area contributed by atoms with Crippen molar-refractivity contribution < 1.29 is 24.8 Å². The Hall–Kier alpha value is -3.23. The normalized spacial score (nSPS) is 25.5. The molecule has 8 heteroatoms. The third-order valence-corrected chi connectivity index (χ3v) is 6.45. The second kappa shape index (κ2) is 10.6. The van der Waals surface area contributed by atoms with Gasteiger partial charge >= 0.3 is 0 Å². The van der Waals surface area contributed by atoms with Crippen LogP contribution in [0.15, 0.2) is 96.1 Å². The Morgan fingerprint density at radius 3 is 1.94 bits per heavy atom. The van der Waals surface area contributed by atoms with Gasteiger partial charge in [-0.2, -0.15) is 0 Å². The van der Waals surface area contributed by atoms with Crippen molar-refractivity contribution in [2.45, 2.75) is 42.5 Å². The molecule has 0 spiro atoms. The molecule has 35 heavy (non-hydrogen) atoms. The highest BCUT2D eigenvalue weighted by Gasteiger charge is 2.65. The fraction of sp³-hybridized carbons (Fsp3) is 0.333. The zero-order valence-electron chi connectivity index (χ0n) is 19.3. The summed E-state index contributed by atoms with van der Waals surface area (Å²) in [5.74, 6) is 0. The predicted octanol–water partition coefficient (Wildman–Crippen LogP) is 3.55. The van der Waals surface area contributed by atoms with Gasteiger partial charge in [0, 0.05) is 17.8 Å². The number of aliphatic hydroxyl groups is 3.